The number of amides is 1. The number of aryl methyl sites for hydroxylation is 1. The molecule has 0 saturated heterocycles. The first-order valence-corrected chi connectivity index (χ1v) is 12.2. The Morgan fingerprint density at radius 3 is 2.47 bits per heavy atom. The van der Waals surface area contributed by atoms with Crippen LogP contribution in [0.4, 0.5) is 0 Å². The number of hydrogen-bond donors (Lipinski definition) is 1. The van der Waals surface area contributed by atoms with Gasteiger partial charge < -0.3 is 19.4 Å². The van der Waals surface area contributed by atoms with Gasteiger partial charge in [0.2, 0.25) is 0 Å². The molecule has 1 unspecified atom stereocenters. The molecule has 0 aliphatic rings. The van der Waals surface area contributed by atoms with Gasteiger partial charge in [-0.1, -0.05) is 12.1 Å². The van der Waals surface area contributed by atoms with Crippen LogP contribution in [0.25, 0.3) is 20.1 Å². The fourth-order valence-corrected chi connectivity index (χ4v) is 5.63. The molecule has 0 radical (unpaired) electrons. The molecule has 3 aromatic heterocycles. The van der Waals surface area contributed by atoms with Crippen molar-refractivity contribution in [1.29, 1.82) is 0 Å². The maximum absolute atomic E-state index is 13.3. The van der Waals surface area contributed by atoms with Crippen molar-refractivity contribution in [2.75, 3.05) is 14.2 Å². The maximum atomic E-state index is 13.3. The van der Waals surface area contributed by atoms with E-state index < -0.39 is 6.04 Å². The Kier molecular flexibility index (Phi) is 6.04. The zero-order valence-electron chi connectivity index (χ0n) is 18.8. The zero-order valence-corrected chi connectivity index (χ0v) is 20.4. The molecule has 0 bridgehead atoms. The van der Waals surface area contributed by atoms with Gasteiger partial charge in [0.25, 0.3) is 5.91 Å². The van der Waals surface area contributed by atoms with Gasteiger partial charge in [-0.05, 0) is 42.0 Å². The van der Waals surface area contributed by atoms with E-state index in [1.54, 1.807) is 37.8 Å². The summed E-state index contributed by atoms with van der Waals surface area (Å²) in [5, 5.41) is 4.05. The number of fused-ring (bicyclic) bond motifs is 1. The zero-order chi connectivity index (χ0) is 23.7. The summed E-state index contributed by atoms with van der Waals surface area (Å²) < 4.78 is 13.9. The van der Waals surface area contributed by atoms with Crippen LogP contribution >= 0.6 is 22.7 Å². The third-order valence-electron chi connectivity index (χ3n) is 5.43. The molecule has 34 heavy (non-hydrogen) atoms. The monoisotopic (exact) mass is 490 g/mol. The van der Waals surface area contributed by atoms with Gasteiger partial charge in [0.05, 0.1) is 34.2 Å². The first-order valence-electron chi connectivity index (χ1n) is 10.5. The molecule has 0 aliphatic heterocycles. The molecule has 172 valence electrons. The minimum absolute atomic E-state index is 0.188. The largest absolute Gasteiger partial charge is 0.497 e. The van der Waals surface area contributed by atoms with Crippen LogP contribution in [-0.2, 0) is 7.05 Å². The first kappa shape index (κ1) is 22.1. The van der Waals surface area contributed by atoms with E-state index in [4.69, 9.17) is 14.5 Å². The number of carbonyl (C=O) groups excluding carboxylic acids is 1. The summed E-state index contributed by atoms with van der Waals surface area (Å²) in [5.74, 6) is 1.79. The van der Waals surface area contributed by atoms with Crippen LogP contribution in [0.15, 0.2) is 67.0 Å². The smallest absolute Gasteiger partial charge is 0.262 e. The predicted octanol–water partition coefficient (Wildman–Crippen LogP) is 5.29. The van der Waals surface area contributed by atoms with Crippen LogP contribution in [0.5, 0.6) is 11.5 Å². The fraction of sp³-hybridized carbons (Fsp3) is 0.160. The molecule has 0 aliphatic carbocycles. The molecule has 0 fully saturated rings. The van der Waals surface area contributed by atoms with E-state index >= 15 is 0 Å². The SMILES string of the molecule is COc1cc(OC)cc(C(NC(=O)c2ccc(-c3nc4ccccc4s3)s2)c2nccn2C)c1. The second kappa shape index (κ2) is 9.28. The molecular formula is C25H22N4O3S2. The molecule has 0 saturated carbocycles. The third-order valence-corrected chi connectivity index (χ3v) is 7.72. The third kappa shape index (κ3) is 4.27. The van der Waals surface area contributed by atoms with Crippen LogP contribution < -0.4 is 14.8 Å². The lowest BCUT2D eigenvalue weighted by Crippen LogP contribution is -2.30. The summed E-state index contributed by atoms with van der Waals surface area (Å²) in [5.41, 5.74) is 1.77. The van der Waals surface area contributed by atoms with Crippen LogP contribution in [0, 0.1) is 0 Å². The van der Waals surface area contributed by atoms with Crippen molar-refractivity contribution in [2.24, 2.45) is 7.05 Å². The molecule has 2 aromatic carbocycles. The number of nitrogens with zero attached hydrogens (tertiary/aromatic N) is 3. The lowest BCUT2D eigenvalue weighted by Gasteiger charge is -2.20. The number of thiazole rings is 1. The van der Waals surface area contributed by atoms with Gasteiger partial charge in [-0.25, -0.2) is 9.97 Å². The highest BCUT2D eigenvalue weighted by Gasteiger charge is 2.24. The molecule has 1 amide bonds. The summed E-state index contributed by atoms with van der Waals surface area (Å²) in [4.78, 5) is 24.1. The Balaban J connectivity index is 1.46. The van der Waals surface area contributed by atoms with Crippen LogP contribution in [0.2, 0.25) is 0 Å². The molecule has 1 N–H and O–H groups in total. The lowest BCUT2D eigenvalue weighted by atomic mass is 10.0. The number of thiophene rings is 1. The fourth-order valence-electron chi connectivity index (χ4n) is 3.70. The maximum Gasteiger partial charge on any atom is 0.262 e. The Morgan fingerprint density at radius 1 is 1.03 bits per heavy atom. The standard InChI is InChI=1S/C25H22N4O3S2/c1-29-11-10-26-23(29)22(15-12-16(31-2)14-17(13-15)32-3)28-24(30)20-8-9-21(33-20)25-27-18-6-4-5-7-19(18)34-25/h4-14,22H,1-3H3,(H,28,30). The number of hydrogen-bond acceptors (Lipinski definition) is 7. The molecule has 1 atom stereocenters. The number of para-hydroxylation sites is 1. The summed E-state index contributed by atoms with van der Waals surface area (Å²) in [6.45, 7) is 0. The molecule has 7 nitrogen and oxygen atoms in total. The van der Waals surface area contributed by atoms with Gasteiger partial charge >= 0.3 is 0 Å². The van der Waals surface area contributed by atoms with Gasteiger partial charge in [-0.15, -0.1) is 22.7 Å². The number of carbonyl (C=O) groups is 1. The molecule has 3 heterocycles. The van der Waals surface area contributed by atoms with E-state index in [1.807, 2.05) is 60.3 Å². The number of imidazole rings is 1. The van der Waals surface area contributed by atoms with Crippen molar-refractivity contribution < 1.29 is 14.3 Å². The predicted molar refractivity (Wildman–Crippen MR) is 135 cm³/mol. The van der Waals surface area contributed by atoms with E-state index in [1.165, 1.54) is 11.3 Å². The number of methoxy groups -OCH3 is 2. The van der Waals surface area contributed by atoms with E-state index in [2.05, 4.69) is 16.4 Å². The van der Waals surface area contributed by atoms with Crippen molar-refractivity contribution in [3.8, 4) is 21.4 Å². The van der Waals surface area contributed by atoms with Gasteiger partial charge in [-0.3, -0.25) is 4.79 Å². The number of ether oxygens (including phenoxy) is 2. The second-order valence-electron chi connectivity index (χ2n) is 7.60. The summed E-state index contributed by atoms with van der Waals surface area (Å²) in [7, 11) is 5.10. The van der Waals surface area contributed by atoms with E-state index in [9.17, 15) is 4.79 Å². The Bertz CT molecular complexity index is 1410. The Morgan fingerprint density at radius 2 is 1.79 bits per heavy atom. The highest BCUT2D eigenvalue weighted by Crippen LogP contribution is 2.35. The van der Waals surface area contributed by atoms with Crippen molar-refractivity contribution in [3.05, 3.63) is 83.3 Å². The van der Waals surface area contributed by atoms with Gasteiger partial charge in [0.1, 0.15) is 28.4 Å². The highest BCUT2D eigenvalue weighted by atomic mass is 32.1. The highest BCUT2D eigenvalue weighted by molar-refractivity contribution is 7.26. The van der Waals surface area contributed by atoms with Crippen LogP contribution in [0.3, 0.4) is 0 Å². The average Bonchev–Trinajstić information content (AvgIpc) is 3.61. The van der Waals surface area contributed by atoms with Crippen molar-refractivity contribution >= 4 is 38.8 Å². The number of benzene rings is 2. The number of rotatable bonds is 7. The Hall–Kier alpha value is -3.69. The summed E-state index contributed by atoms with van der Waals surface area (Å²) in [6, 6.07) is 16.9. The molecule has 5 aromatic rings. The molecular weight excluding hydrogens is 468 g/mol. The summed E-state index contributed by atoms with van der Waals surface area (Å²) >= 11 is 3.04. The lowest BCUT2D eigenvalue weighted by molar-refractivity contribution is 0.0945. The summed E-state index contributed by atoms with van der Waals surface area (Å²) in [6.07, 6.45) is 3.56. The number of aromatic nitrogens is 3. The van der Waals surface area contributed by atoms with E-state index in [0.29, 0.717) is 22.2 Å². The Labute approximate surface area is 204 Å². The van der Waals surface area contributed by atoms with Gasteiger partial charge in [0, 0.05) is 25.5 Å². The van der Waals surface area contributed by atoms with Gasteiger partial charge in [-0.2, -0.15) is 0 Å². The first-order chi connectivity index (χ1) is 16.6. The van der Waals surface area contributed by atoms with E-state index in [-0.39, 0.29) is 5.91 Å². The molecule has 0 spiro atoms. The number of nitrogens with one attached hydrogen (secondary N) is 1. The van der Waals surface area contributed by atoms with E-state index in [0.717, 1.165) is 25.7 Å². The van der Waals surface area contributed by atoms with Crippen LogP contribution in [-0.4, -0.2) is 34.7 Å². The second-order valence-corrected chi connectivity index (χ2v) is 9.71. The average molecular weight is 491 g/mol. The minimum atomic E-state index is -0.496. The van der Waals surface area contributed by atoms with Gasteiger partial charge in [0.15, 0.2) is 0 Å². The van der Waals surface area contributed by atoms with Crippen molar-refractivity contribution in [1.82, 2.24) is 19.9 Å². The van der Waals surface area contributed by atoms with Crippen LogP contribution in [0.1, 0.15) is 27.1 Å². The minimum Gasteiger partial charge on any atom is -0.497 e. The topological polar surface area (TPSA) is 78.3 Å². The molecule has 5 rings (SSSR count). The van der Waals surface area contributed by atoms with Crippen molar-refractivity contribution in [2.45, 2.75) is 6.04 Å². The van der Waals surface area contributed by atoms with Crippen molar-refractivity contribution in [3.63, 3.8) is 0 Å². The molecule has 9 heteroatoms. The normalized spacial score (nSPS) is 12.0. The quantitative estimate of drug-likeness (QED) is 0.335.